The van der Waals surface area contributed by atoms with E-state index in [1.54, 1.807) is 0 Å². The maximum atomic E-state index is 5.85. The number of imidazole rings is 1. The lowest BCUT2D eigenvalue weighted by atomic mass is 10.1. The molecule has 0 saturated heterocycles. The maximum Gasteiger partial charge on any atom is 0.159 e. The van der Waals surface area contributed by atoms with E-state index in [1.807, 2.05) is 20.2 Å². The summed E-state index contributed by atoms with van der Waals surface area (Å²) < 4.78 is 2.11. The van der Waals surface area contributed by atoms with Gasteiger partial charge < -0.3 is 10.3 Å². The van der Waals surface area contributed by atoms with Crippen molar-refractivity contribution in [2.24, 2.45) is 12.8 Å². The van der Waals surface area contributed by atoms with Crippen LogP contribution in [0.25, 0.3) is 11.2 Å². The van der Waals surface area contributed by atoms with Crippen molar-refractivity contribution >= 4 is 11.2 Å². The normalized spacial score (nSPS) is 17.9. The smallest absolute Gasteiger partial charge is 0.159 e. The first-order valence-electron chi connectivity index (χ1n) is 5.74. The van der Waals surface area contributed by atoms with Gasteiger partial charge in [0.05, 0.1) is 0 Å². The van der Waals surface area contributed by atoms with E-state index in [0.717, 1.165) is 16.7 Å². The van der Waals surface area contributed by atoms with Crippen molar-refractivity contribution in [3.63, 3.8) is 0 Å². The molecule has 1 aliphatic carbocycles. The summed E-state index contributed by atoms with van der Waals surface area (Å²) in [5, 5.41) is 0. The first kappa shape index (κ1) is 9.78. The van der Waals surface area contributed by atoms with Crippen LogP contribution in [0, 0.1) is 0 Å². The molecule has 1 fully saturated rings. The van der Waals surface area contributed by atoms with E-state index < -0.39 is 0 Å². The number of hydrogen-bond donors (Lipinski definition) is 1. The van der Waals surface area contributed by atoms with Gasteiger partial charge in [-0.15, -0.1) is 0 Å². The van der Waals surface area contributed by atoms with Crippen molar-refractivity contribution in [1.82, 2.24) is 14.5 Å². The molecule has 0 radical (unpaired) electrons. The van der Waals surface area contributed by atoms with Crippen molar-refractivity contribution in [2.45, 2.75) is 31.7 Å². The van der Waals surface area contributed by atoms with Crippen LogP contribution in [0.5, 0.6) is 0 Å². The van der Waals surface area contributed by atoms with Crippen molar-refractivity contribution in [3.8, 4) is 0 Å². The van der Waals surface area contributed by atoms with E-state index in [1.165, 1.54) is 18.7 Å². The molecule has 3 rings (SSSR count). The number of nitrogens with two attached hydrogens (primary N) is 1. The molecule has 0 amide bonds. The fourth-order valence-corrected chi connectivity index (χ4v) is 2.06. The highest BCUT2D eigenvalue weighted by atomic mass is 15.1. The lowest BCUT2D eigenvalue weighted by molar-refractivity contribution is 0.805. The van der Waals surface area contributed by atoms with Crippen LogP contribution in [0.4, 0.5) is 0 Å². The second-order valence-electron chi connectivity index (χ2n) is 4.70. The van der Waals surface area contributed by atoms with E-state index in [-0.39, 0.29) is 6.04 Å². The summed E-state index contributed by atoms with van der Waals surface area (Å²) in [6, 6.07) is 2.07. The first-order chi connectivity index (χ1) is 7.66. The van der Waals surface area contributed by atoms with Gasteiger partial charge in [-0.05, 0) is 31.4 Å². The Morgan fingerprint density at radius 1 is 1.50 bits per heavy atom. The monoisotopic (exact) mass is 216 g/mol. The Bertz CT molecular complexity index is 537. The van der Waals surface area contributed by atoms with Gasteiger partial charge in [-0.3, -0.25) is 0 Å². The second kappa shape index (κ2) is 3.28. The summed E-state index contributed by atoms with van der Waals surface area (Å²) >= 11 is 0. The predicted molar refractivity (Wildman–Crippen MR) is 63.1 cm³/mol. The summed E-state index contributed by atoms with van der Waals surface area (Å²) in [7, 11) is 2.04. The summed E-state index contributed by atoms with van der Waals surface area (Å²) in [5.41, 5.74) is 8.83. The highest BCUT2D eigenvalue weighted by molar-refractivity contribution is 5.72. The van der Waals surface area contributed by atoms with Crippen LogP contribution in [0.1, 0.15) is 43.1 Å². The van der Waals surface area contributed by atoms with Gasteiger partial charge in [0.15, 0.2) is 5.65 Å². The molecule has 1 unspecified atom stereocenters. The molecule has 2 aromatic rings. The third-order valence-corrected chi connectivity index (χ3v) is 3.23. The summed E-state index contributed by atoms with van der Waals surface area (Å²) in [6.45, 7) is 1.97. The average molecular weight is 216 g/mol. The molecule has 0 aromatic carbocycles. The minimum atomic E-state index is 0.0169. The van der Waals surface area contributed by atoms with Gasteiger partial charge in [-0.1, -0.05) is 0 Å². The van der Waals surface area contributed by atoms with Gasteiger partial charge in [-0.25, -0.2) is 9.97 Å². The van der Waals surface area contributed by atoms with Crippen LogP contribution in [0.2, 0.25) is 0 Å². The Hall–Kier alpha value is -1.42. The fraction of sp³-hybridized carbons (Fsp3) is 0.500. The van der Waals surface area contributed by atoms with E-state index in [4.69, 9.17) is 5.73 Å². The predicted octanol–water partition coefficient (Wildman–Crippen LogP) is 1.87. The number of aromatic nitrogens is 3. The summed E-state index contributed by atoms with van der Waals surface area (Å²) in [5.74, 6) is 1.82. The van der Waals surface area contributed by atoms with Crippen LogP contribution in [0.15, 0.2) is 12.3 Å². The molecule has 2 aromatic heterocycles. The number of rotatable bonds is 2. The number of hydrogen-bond acceptors (Lipinski definition) is 3. The van der Waals surface area contributed by atoms with Crippen molar-refractivity contribution in [1.29, 1.82) is 0 Å². The molecular formula is C12H16N4. The van der Waals surface area contributed by atoms with Gasteiger partial charge in [-0.2, -0.15) is 0 Å². The highest BCUT2D eigenvalue weighted by Gasteiger charge is 2.28. The van der Waals surface area contributed by atoms with Crippen LogP contribution < -0.4 is 5.73 Å². The van der Waals surface area contributed by atoms with Crippen LogP contribution in [0.3, 0.4) is 0 Å². The van der Waals surface area contributed by atoms with Crippen molar-refractivity contribution < 1.29 is 0 Å². The van der Waals surface area contributed by atoms with Crippen molar-refractivity contribution in [2.75, 3.05) is 0 Å². The van der Waals surface area contributed by atoms with Gasteiger partial charge in [0, 0.05) is 25.2 Å². The Morgan fingerprint density at radius 2 is 2.25 bits per heavy atom. The lowest BCUT2D eigenvalue weighted by Gasteiger charge is -2.03. The second-order valence-corrected chi connectivity index (χ2v) is 4.70. The lowest BCUT2D eigenvalue weighted by Crippen LogP contribution is -2.05. The molecule has 2 heterocycles. The summed E-state index contributed by atoms with van der Waals surface area (Å²) in [4.78, 5) is 9.12. The molecule has 1 atom stereocenters. The van der Waals surface area contributed by atoms with E-state index in [9.17, 15) is 0 Å². The SMILES string of the molecule is CC(N)c1cnc2c(c1)nc(C1CC1)n2C. The molecule has 4 nitrogen and oxygen atoms in total. The standard InChI is InChI=1S/C12H16N4/c1-7(13)9-5-10-12(14-6-9)16(2)11(15-10)8-3-4-8/h5-8H,3-4,13H2,1-2H3. The van der Waals surface area contributed by atoms with Crippen LogP contribution >= 0.6 is 0 Å². The van der Waals surface area contributed by atoms with E-state index >= 15 is 0 Å². The number of nitrogens with zero attached hydrogens (tertiary/aromatic N) is 3. The third-order valence-electron chi connectivity index (χ3n) is 3.23. The molecule has 84 valence electrons. The number of fused-ring (bicyclic) bond motifs is 1. The Kier molecular flexibility index (Phi) is 2.01. The van der Waals surface area contributed by atoms with E-state index in [0.29, 0.717) is 5.92 Å². The zero-order valence-electron chi connectivity index (χ0n) is 9.64. The molecule has 2 N–H and O–H groups in total. The molecule has 0 bridgehead atoms. The number of pyridine rings is 1. The topological polar surface area (TPSA) is 56.7 Å². The quantitative estimate of drug-likeness (QED) is 0.833. The molecule has 1 aliphatic rings. The maximum absolute atomic E-state index is 5.85. The van der Waals surface area contributed by atoms with E-state index in [2.05, 4.69) is 20.6 Å². The Balaban J connectivity index is 2.17. The third kappa shape index (κ3) is 1.41. The van der Waals surface area contributed by atoms with Crippen molar-refractivity contribution in [3.05, 3.63) is 23.7 Å². The first-order valence-corrected chi connectivity index (χ1v) is 5.74. The van der Waals surface area contributed by atoms with Gasteiger partial charge in [0.2, 0.25) is 0 Å². The largest absolute Gasteiger partial charge is 0.324 e. The van der Waals surface area contributed by atoms with Gasteiger partial charge in [0.25, 0.3) is 0 Å². The molecule has 16 heavy (non-hydrogen) atoms. The molecule has 1 saturated carbocycles. The van der Waals surface area contributed by atoms with Crippen LogP contribution in [-0.2, 0) is 7.05 Å². The molecule has 4 heteroatoms. The number of aryl methyl sites for hydroxylation is 1. The summed E-state index contributed by atoms with van der Waals surface area (Å²) in [6.07, 6.45) is 4.37. The Labute approximate surface area is 94.5 Å². The molecular weight excluding hydrogens is 200 g/mol. The zero-order valence-corrected chi connectivity index (χ0v) is 9.64. The van der Waals surface area contributed by atoms with Crippen LogP contribution in [-0.4, -0.2) is 14.5 Å². The average Bonchev–Trinajstić information content (AvgIpc) is 3.04. The molecule has 0 spiro atoms. The fourth-order valence-electron chi connectivity index (χ4n) is 2.06. The van der Waals surface area contributed by atoms with Gasteiger partial charge in [0.1, 0.15) is 11.3 Å². The minimum absolute atomic E-state index is 0.0169. The zero-order chi connectivity index (χ0) is 11.3. The highest BCUT2D eigenvalue weighted by Crippen LogP contribution is 2.40. The Morgan fingerprint density at radius 3 is 2.88 bits per heavy atom. The van der Waals surface area contributed by atoms with Gasteiger partial charge >= 0.3 is 0 Å². The minimum Gasteiger partial charge on any atom is -0.324 e. The molecule has 0 aliphatic heterocycles.